The fraction of sp³-hybridized carbons (Fsp3) is 1.00. The van der Waals surface area contributed by atoms with E-state index in [1.54, 1.807) is 0 Å². The van der Waals surface area contributed by atoms with Gasteiger partial charge in [-0.25, -0.2) is 0 Å². The zero-order valence-electron chi connectivity index (χ0n) is 11.2. The number of hydrogen-bond acceptors (Lipinski definition) is 3. The van der Waals surface area contributed by atoms with E-state index in [1.165, 1.54) is 6.42 Å². The maximum Gasteiger partial charge on any atom is 0.0585 e. The molecule has 0 aromatic heterocycles. The van der Waals surface area contributed by atoms with Crippen LogP contribution in [0.2, 0.25) is 0 Å². The molecule has 2 fully saturated rings. The molecule has 1 aliphatic heterocycles. The van der Waals surface area contributed by atoms with Gasteiger partial charge in [-0.15, -0.1) is 0 Å². The first-order valence-electron chi connectivity index (χ1n) is 7.14. The summed E-state index contributed by atoms with van der Waals surface area (Å²) in [7, 11) is 0. The molecule has 2 N–H and O–H groups in total. The smallest absolute Gasteiger partial charge is 0.0585 e. The first-order valence-corrected chi connectivity index (χ1v) is 7.14. The van der Waals surface area contributed by atoms with Gasteiger partial charge in [0.25, 0.3) is 0 Å². The summed E-state index contributed by atoms with van der Waals surface area (Å²) >= 11 is 0. The molecule has 0 radical (unpaired) electrons. The van der Waals surface area contributed by atoms with Gasteiger partial charge in [0.15, 0.2) is 0 Å². The third-order valence-electron chi connectivity index (χ3n) is 4.67. The highest BCUT2D eigenvalue weighted by Crippen LogP contribution is 2.34. The van der Waals surface area contributed by atoms with E-state index in [0.717, 1.165) is 38.9 Å². The van der Waals surface area contributed by atoms with Crippen molar-refractivity contribution in [2.75, 3.05) is 19.6 Å². The fourth-order valence-electron chi connectivity index (χ4n) is 3.57. The van der Waals surface area contributed by atoms with Gasteiger partial charge in [-0.1, -0.05) is 13.8 Å². The molecule has 3 nitrogen and oxygen atoms in total. The van der Waals surface area contributed by atoms with Crippen LogP contribution in [0.4, 0.5) is 0 Å². The third-order valence-corrected chi connectivity index (χ3v) is 4.67. The number of nitrogens with zero attached hydrogens (tertiary/aromatic N) is 1. The molecule has 1 aliphatic carbocycles. The largest absolute Gasteiger partial charge is 0.393 e. The Morgan fingerprint density at radius 3 is 2.29 bits per heavy atom. The van der Waals surface area contributed by atoms with Crippen LogP contribution >= 0.6 is 0 Å². The minimum absolute atomic E-state index is 0.0972. The Kier molecular flexibility index (Phi) is 4.45. The molecular formula is C14H27NO2. The number of rotatable bonds is 2. The van der Waals surface area contributed by atoms with Crippen LogP contribution in [0.15, 0.2) is 0 Å². The zero-order chi connectivity index (χ0) is 12.4. The van der Waals surface area contributed by atoms with Crippen molar-refractivity contribution in [2.24, 2.45) is 17.8 Å². The van der Waals surface area contributed by atoms with Crippen molar-refractivity contribution >= 4 is 0 Å². The van der Waals surface area contributed by atoms with Crippen molar-refractivity contribution in [1.82, 2.24) is 4.90 Å². The van der Waals surface area contributed by atoms with Crippen molar-refractivity contribution in [1.29, 1.82) is 0 Å². The molecule has 4 atom stereocenters. The van der Waals surface area contributed by atoms with Crippen molar-refractivity contribution in [2.45, 2.75) is 51.7 Å². The minimum Gasteiger partial charge on any atom is -0.393 e. The van der Waals surface area contributed by atoms with Gasteiger partial charge < -0.3 is 15.1 Å². The molecular weight excluding hydrogens is 214 g/mol. The summed E-state index contributed by atoms with van der Waals surface area (Å²) in [4.78, 5) is 2.42. The SMILES string of the molecule is CC1CC(C)C(CN2CCC(O)CC2)C(O)C1. The molecule has 100 valence electrons. The van der Waals surface area contributed by atoms with Crippen LogP contribution in [-0.4, -0.2) is 47.0 Å². The van der Waals surface area contributed by atoms with Crippen LogP contribution in [0.1, 0.15) is 39.5 Å². The Labute approximate surface area is 105 Å². The second-order valence-electron chi connectivity index (χ2n) is 6.32. The van der Waals surface area contributed by atoms with Crippen LogP contribution in [-0.2, 0) is 0 Å². The maximum absolute atomic E-state index is 10.2. The molecule has 17 heavy (non-hydrogen) atoms. The van der Waals surface area contributed by atoms with Crippen LogP contribution in [0.25, 0.3) is 0 Å². The van der Waals surface area contributed by atoms with Crippen molar-refractivity contribution in [3.63, 3.8) is 0 Å². The monoisotopic (exact) mass is 241 g/mol. The van der Waals surface area contributed by atoms with Crippen molar-refractivity contribution < 1.29 is 10.2 Å². The number of aliphatic hydroxyl groups excluding tert-OH is 2. The first-order chi connectivity index (χ1) is 8.06. The quantitative estimate of drug-likeness (QED) is 0.770. The standard InChI is InChI=1S/C14H27NO2/c1-10-7-11(2)13(14(17)8-10)9-15-5-3-12(16)4-6-15/h10-14,16-17H,3-9H2,1-2H3. The lowest BCUT2D eigenvalue weighted by atomic mass is 9.73. The lowest BCUT2D eigenvalue weighted by Gasteiger charge is -2.41. The molecule has 0 aromatic carbocycles. The Balaban J connectivity index is 1.85. The fourth-order valence-corrected chi connectivity index (χ4v) is 3.57. The van der Waals surface area contributed by atoms with Gasteiger partial charge in [-0.05, 0) is 37.5 Å². The summed E-state index contributed by atoms with van der Waals surface area (Å²) in [5, 5.41) is 19.7. The van der Waals surface area contributed by atoms with E-state index in [4.69, 9.17) is 0 Å². The Morgan fingerprint density at radius 1 is 1.06 bits per heavy atom. The Morgan fingerprint density at radius 2 is 1.71 bits per heavy atom. The van der Waals surface area contributed by atoms with E-state index in [1.807, 2.05) is 0 Å². The highest BCUT2D eigenvalue weighted by atomic mass is 16.3. The van der Waals surface area contributed by atoms with Gasteiger partial charge in [0, 0.05) is 25.6 Å². The van der Waals surface area contributed by atoms with Gasteiger partial charge in [0.05, 0.1) is 12.2 Å². The van der Waals surface area contributed by atoms with E-state index >= 15 is 0 Å². The molecule has 0 aromatic rings. The van der Waals surface area contributed by atoms with Crippen LogP contribution in [0.3, 0.4) is 0 Å². The second kappa shape index (κ2) is 5.68. The van der Waals surface area contributed by atoms with E-state index in [2.05, 4.69) is 18.7 Å². The summed E-state index contributed by atoms with van der Waals surface area (Å²) in [6.07, 6.45) is 3.78. The van der Waals surface area contributed by atoms with Crippen molar-refractivity contribution in [3.05, 3.63) is 0 Å². The molecule has 2 aliphatic rings. The highest BCUT2D eigenvalue weighted by Gasteiger charge is 2.34. The maximum atomic E-state index is 10.2. The predicted octanol–water partition coefficient (Wildman–Crippen LogP) is 1.49. The highest BCUT2D eigenvalue weighted by molar-refractivity contribution is 4.86. The molecule has 1 saturated carbocycles. The van der Waals surface area contributed by atoms with E-state index in [9.17, 15) is 10.2 Å². The first kappa shape index (κ1) is 13.3. The van der Waals surface area contributed by atoms with E-state index in [-0.39, 0.29) is 12.2 Å². The predicted molar refractivity (Wildman–Crippen MR) is 68.7 cm³/mol. The van der Waals surface area contributed by atoms with Crippen LogP contribution < -0.4 is 0 Å². The normalized spacial score (nSPS) is 41.6. The number of hydrogen-bond donors (Lipinski definition) is 2. The van der Waals surface area contributed by atoms with Crippen LogP contribution in [0.5, 0.6) is 0 Å². The Bertz CT molecular complexity index is 226. The van der Waals surface area contributed by atoms with Gasteiger partial charge >= 0.3 is 0 Å². The van der Waals surface area contributed by atoms with Gasteiger partial charge in [-0.2, -0.15) is 0 Å². The number of aliphatic hydroxyl groups is 2. The summed E-state index contributed by atoms with van der Waals surface area (Å²) < 4.78 is 0. The summed E-state index contributed by atoms with van der Waals surface area (Å²) in [6, 6.07) is 0. The van der Waals surface area contributed by atoms with E-state index in [0.29, 0.717) is 17.8 Å². The molecule has 4 unspecified atom stereocenters. The Hall–Kier alpha value is -0.120. The molecule has 2 rings (SSSR count). The topological polar surface area (TPSA) is 43.7 Å². The average Bonchev–Trinajstić information content (AvgIpc) is 2.26. The summed E-state index contributed by atoms with van der Waals surface area (Å²) in [6.45, 7) is 7.52. The molecule has 1 saturated heterocycles. The van der Waals surface area contributed by atoms with Gasteiger partial charge in [0.2, 0.25) is 0 Å². The average molecular weight is 241 g/mol. The summed E-state index contributed by atoms with van der Waals surface area (Å²) in [5.41, 5.74) is 0. The molecule has 0 amide bonds. The molecule has 0 spiro atoms. The lowest BCUT2D eigenvalue weighted by Crippen LogP contribution is -2.45. The number of likely N-dealkylation sites (tertiary alicyclic amines) is 1. The minimum atomic E-state index is -0.124. The third kappa shape index (κ3) is 3.43. The molecule has 0 bridgehead atoms. The van der Waals surface area contributed by atoms with Crippen LogP contribution in [0, 0.1) is 17.8 Å². The molecule has 1 heterocycles. The number of piperidine rings is 1. The second-order valence-corrected chi connectivity index (χ2v) is 6.32. The molecule has 3 heteroatoms. The van der Waals surface area contributed by atoms with Gasteiger partial charge in [-0.3, -0.25) is 0 Å². The van der Waals surface area contributed by atoms with Crippen molar-refractivity contribution in [3.8, 4) is 0 Å². The summed E-state index contributed by atoms with van der Waals surface area (Å²) in [5.74, 6) is 1.72. The zero-order valence-corrected chi connectivity index (χ0v) is 11.2. The lowest BCUT2D eigenvalue weighted by molar-refractivity contribution is -0.0125. The van der Waals surface area contributed by atoms with Gasteiger partial charge in [0.1, 0.15) is 0 Å². The van der Waals surface area contributed by atoms with E-state index < -0.39 is 0 Å².